The highest BCUT2D eigenvalue weighted by Gasteiger charge is 2.15. The van der Waals surface area contributed by atoms with E-state index in [0.717, 1.165) is 0 Å². The van der Waals surface area contributed by atoms with E-state index in [0.29, 0.717) is 17.6 Å². The third-order valence-electron chi connectivity index (χ3n) is 1.61. The zero-order valence-electron chi connectivity index (χ0n) is 7.54. The maximum Gasteiger partial charge on any atom is 0.105 e. The molecule has 0 aliphatic heterocycles. The van der Waals surface area contributed by atoms with Crippen LogP contribution in [-0.4, -0.2) is 49.4 Å². The predicted molar refractivity (Wildman–Crippen MR) is 43.1 cm³/mol. The molecule has 12 heavy (non-hydrogen) atoms. The normalized spacial score (nSPS) is 11.2. The van der Waals surface area contributed by atoms with Crippen LogP contribution in [-0.2, 0) is 4.79 Å². The second-order valence-corrected chi connectivity index (χ2v) is 3.43. The van der Waals surface area contributed by atoms with Crippen LogP contribution >= 0.6 is 0 Å². The molecule has 0 saturated heterocycles. The van der Waals surface area contributed by atoms with Gasteiger partial charge in [0.15, 0.2) is 0 Å². The van der Waals surface area contributed by atoms with Gasteiger partial charge in [-0.25, -0.2) is 0 Å². The number of quaternary nitrogens is 1. The fraction of sp³-hybridized carbons (Fsp3) is 0.625. The van der Waals surface area contributed by atoms with Gasteiger partial charge in [0.2, 0.25) is 0 Å². The Morgan fingerprint density at radius 2 is 2.08 bits per heavy atom. The van der Waals surface area contributed by atoms with Gasteiger partial charge in [0.1, 0.15) is 13.1 Å². The molecule has 0 aliphatic carbocycles. The van der Waals surface area contributed by atoms with Crippen LogP contribution in [0.5, 0.6) is 0 Å². The Labute approximate surface area is 72.3 Å². The van der Waals surface area contributed by atoms with Crippen LogP contribution in [0.1, 0.15) is 0 Å². The van der Waals surface area contributed by atoms with Crippen LogP contribution < -0.4 is 5.11 Å². The number of carbonyl (C=O) groups is 1. The molecule has 0 heterocycles. The number of carboxylic acid groups (broad SMARTS) is 1. The van der Waals surface area contributed by atoms with Gasteiger partial charge in [-0.1, -0.05) is 6.58 Å². The van der Waals surface area contributed by atoms with Gasteiger partial charge in [-0.3, -0.25) is 0 Å². The number of aliphatic carboxylic acids is 1. The van der Waals surface area contributed by atoms with Gasteiger partial charge in [0.25, 0.3) is 0 Å². The highest BCUT2D eigenvalue weighted by molar-refractivity contribution is 5.83. The maximum atomic E-state index is 10.3. The largest absolute Gasteiger partial charge is 0.545 e. The Kier molecular flexibility index (Phi) is 3.92. The Morgan fingerprint density at radius 1 is 1.58 bits per heavy atom. The topological polar surface area (TPSA) is 60.4 Å². The van der Waals surface area contributed by atoms with E-state index in [1.807, 2.05) is 14.1 Å². The Bertz CT molecular complexity index is 187. The number of aliphatic hydroxyl groups is 1. The quantitative estimate of drug-likeness (QED) is 0.401. The zero-order chi connectivity index (χ0) is 9.78. The summed E-state index contributed by atoms with van der Waals surface area (Å²) < 4.78 is 0.406. The standard InChI is InChI=1S/C8H15NO3/c1-7(8(11)12)6-9(2,3)4-5-10/h10H,1,4-6H2,2-3H3. The molecule has 0 rings (SSSR count). The van der Waals surface area contributed by atoms with E-state index >= 15 is 0 Å². The molecule has 0 aromatic carbocycles. The van der Waals surface area contributed by atoms with Crippen LogP contribution in [0.3, 0.4) is 0 Å². The molecular formula is C8H15NO3. The van der Waals surface area contributed by atoms with Crippen molar-refractivity contribution in [1.29, 1.82) is 0 Å². The summed E-state index contributed by atoms with van der Waals surface area (Å²) in [6.45, 7) is 4.20. The number of hydrogen-bond acceptors (Lipinski definition) is 3. The van der Waals surface area contributed by atoms with Gasteiger partial charge in [0, 0.05) is 5.57 Å². The van der Waals surface area contributed by atoms with Crippen molar-refractivity contribution in [3.63, 3.8) is 0 Å². The molecule has 0 radical (unpaired) electrons. The van der Waals surface area contributed by atoms with Crippen molar-refractivity contribution in [2.24, 2.45) is 0 Å². The summed E-state index contributed by atoms with van der Waals surface area (Å²) in [6.07, 6.45) is 0. The first kappa shape index (κ1) is 11.1. The third kappa shape index (κ3) is 4.10. The van der Waals surface area contributed by atoms with Crippen molar-refractivity contribution in [3.8, 4) is 0 Å². The van der Waals surface area contributed by atoms with Gasteiger partial charge >= 0.3 is 0 Å². The first-order valence-corrected chi connectivity index (χ1v) is 3.71. The first-order chi connectivity index (χ1) is 5.39. The first-order valence-electron chi connectivity index (χ1n) is 3.71. The summed E-state index contributed by atoms with van der Waals surface area (Å²) in [4.78, 5) is 10.3. The van der Waals surface area contributed by atoms with Crippen molar-refractivity contribution in [2.75, 3.05) is 33.8 Å². The smallest absolute Gasteiger partial charge is 0.105 e. The Hall–Kier alpha value is -0.870. The van der Waals surface area contributed by atoms with Crippen molar-refractivity contribution in [3.05, 3.63) is 12.2 Å². The minimum absolute atomic E-state index is 0.0350. The molecule has 1 N–H and O–H groups in total. The maximum absolute atomic E-state index is 10.3. The van der Waals surface area contributed by atoms with Crippen LogP contribution in [0.25, 0.3) is 0 Å². The van der Waals surface area contributed by atoms with Gasteiger partial charge in [-0.15, -0.1) is 0 Å². The van der Waals surface area contributed by atoms with Crippen molar-refractivity contribution in [1.82, 2.24) is 0 Å². The molecule has 0 aromatic heterocycles. The Balaban J connectivity index is 4.05. The molecule has 0 saturated carbocycles. The van der Waals surface area contributed by atoms with Crippen LogP contribution in [0.2, 0.25) is 0 Å². The number of carbonyl (C=O) groups excluding carboxylic acids is 1. The molecule has 0 aliphatic rings. The molecule has 4 heteroatoms. The van der Waals surface area contributed by atoms with Crippen molar-refractivity contribution in [2.45, 2.75) is 0 Å². The third-order valence-corrected chi connectivity index (χ3v) is 1.61. The van der Waals surface area contributed by atoms with Gasteiger partial charge in [-0.05, 0) is 0 Å². The summed E-state index contributed by atoms with van der Waals surface area (Å²) in [6, 6.07) is 0. The van der Waals surface area contributed by atoms with E-state index < -0.39 is 5.97 Å². The molecule has 70 valence electrons. The molecule has 0 bridgehead atoms. The Morgan fingerprint density at radius 3 is 2.42 bits per heavy atom. The SMILES string of the molecule is C=C(C[N+](C)(C)CCO)C(=O)[O-]. The molecule has 0 fully saturated rings. The fourth-order valence-electron chi connectivity index (χ4n) is 0.931. The average molecular weight is 173 g/mol. The van der Waals surface area contributed by atoms with Crippen LogP contribution in [0.4, 0.5) is 0 Å². The van der Waals surface area contributed by atoms with E-state index in [1.165, 1.54) is 0 Å². The number of hydrogen-bond donors (Lipinski definition) is 1. The number of nitrogens with zero attached hydrogens (tertiary/aromatic N) is 1. The second-order valence-electron chi connectivity index (χ2n) is 3.43. The molecule has 4 nitrogen and oxygen atoms in total. The lowest BCUT2D eigenvalue weighted by atomic mass is 10.2. The molecule has 0 aromatic rings. The lowest BCUT2D eigenvalue weighted by Gasteiger charge is -2.29. The summed E-state index contributed by atoms with van der Waals surface area (Å²) in [5, 5.41) is 18.9. The number of rotatable bonds is 5. The zero-order valence-corrected chi connectivity index (χ0v) is 7.54. The van der Waals surface area contributed by atoms with E-state index in [9.17, 15) is 9.90 Å². The number of aliphatic hydroxyl groups excluding tert-OH is 1. The average Bonchev–Trinajstić information content (AvgIpc) is 1.85. The highest BCUT2D eigenvalue weighted by Crippen LogP contribution is 2.01. The summed E-state index contributed by atoms with van der Waals surface area (Å²) in [5.74, 6) is -1.22. The summed E-state index contributed by atoms with van der Waals surface area (Å²) in [5.41, 5.74) is 0.0634. The van der Waals surface area contributed by atoms with E-state index in [1.54, 1.807) is 0 Å². The van der Waals surface area contributed by atoms with Crippen molar-refractivity contribution >= 4 is 5.97 Å². The molecule has 0 atom stereocenters. The lowest BCUT2D eigenvalue weighted by molar-refractivity contribution is -0.885. The lowest BCUT2D eigenvalue weighted by Crippen LogP contribution is -2.45. The molecule has 0 unspecified atom stereocenters. The van der Waals surface area contributed by atoms with Gasteiger partial charge in [0.05, 0.1) is 26.7 Å². The minimum Gasteiger partial charge on any atom is -0.545 e. The van der Waals surface area contributed by atoms with E-state index in [-0.39, 0.29) is 12.2 Å². The van der Waals surface area contributed by atoms with E-state index in [4.69, 9.17) is 5.11 Å². The molecule has 0 amide bonds. The second kappa shape index (κ2) is 4.23. The van der Waals surface area contributed by atoms with Crippen molar-refractivity contribution < 1.29 is 19.5 Å². The monoisotopic (exact) mass is 173 g/mol. The van der Waals surface area contributed by atoms with Gasteiger partial charge in [-0.2, -0.15) is 0 Å². The summed E-state index contributed by atoms with van der Waals surface area (Å²) in [7, 11) is 3.65. The minimum atomic E-state index is -1.22. The number of carboxylic acids is 1. The van der Waals surface area contributed by atoms with E-state index in [2.05, 4.69) is 6.58 Å². The fourth-order valence-corrected chi connectivity index (χ4v) is 0.931. The molecular weight excluding hydrogens is 158 g/mol. The van der Waals surface area contributed by atoms with Crippen LogP contribution in [0.15, 0.2) is 12.2 Å². The predicted octanol–water partition coefficient (Wildman–Crippen LogP) is -1.64. The highest BCUT2D eigenvalue weighted by atomic mass is 16.4. The number of likely N-dealkylation sites (N-methyl/N-ethyl adjacent to an activating group) is 1. The van der Waals surface area contributed by atoms with Gasteiger partial charge < -0.3 is 19.5 Å². The molecule has 0 spiro atoms. The summed E-state index contributed by atoms with van der Waals surface area (Å²) >= 11 is 0. The van der Waals surface area contributed by atoms with Crippen LogP contribution in [0, 0.1) is 0 Å².